The van der Waals surface area contributed by atoms with Crippen LogP contribution < -0.4 is 15.4 Å². The van der Waals surface area contributed by atoms with Crippen LogP contribution >= 0.6 is 0 Å². The van der Waals surface area contributed by atoms with Gasteiger partial charge in [0.15, 0.2) is 0 Å². The number of ether oxygens (including phenoxy) is 1. The van der Waals surface area contributed by atoms with Gasteiger partial charge in [-0.2, -0.15) is 0 Å². The van der Waals surface area contributed by atoms with Gasteiger partial charge in [-0.1, -0.05) is 43.3 Å². The van der Waals surface area contributed by atoms with E-state index in [0.29, 0.717) is 19.7 Å². The van der Waals surface area contributed by atoms with Crippen molar-refractivity contribution in [2.75, 3.05) is 26.7 Å². The van der Waals surface area contributed by atoms with Crippen LogP contribution in [0.4, 0.5) is 4.79 Å². The summed E-state index contributed by atoms with van der Waals surface area (Å²) in [6, 6.07) is 16.0. The molecule has 0 aliphatic carbocycles. The lowest BCUT2D eigenvalue weighted by atomic mass is 10.1. The van der Waals surface area contributed by atoms with E-state index >= 15 is 0 Å². The van der Waals surface area contributed by atoms with E-state index in [1.54, 1.807) is 0 Å². The van der Waals surface area contributed by atoms with E-state index in [1.807, 2.05) is 43.3 Å². The molecule has 5 heteroatoms. The van der Waals surface area contributed by atoms with E-state index in [4.69, 9.17) is 4.74 Å². The normalized spacial score (nSPS) is 10.6. The molecule has 2 aromatic carbocycles. The van der Waals surface area contributed by atoms with Crippen LogP contribution in [0.2, 0.25) is 0 Å². The number of hydrogen-bond acceptors (Lipinski definition) is 3. The van der Waals surface area contributed by atoms with Crippen molar-refractivity contribution in [2.45, 2.75) is 26.9 Å². The van der Waals surface area contributed by atoms with Gasteiger partial charge >= 0.3 is 6.03 Å². The second-order valence-corrected chi connectivity index (χ2v) is 6.42. The zero-order chi connectivity index (χ0) is 18.8. The number of amides is 2. The second kappa shape index (κ2) is 10.5. The van der Waals surface area contributed by atoms with Crippen molar-refractivity contribution in [3.8, 4) is 5.75 Å². The lowest BCUT2D eigenvalue weighted by molar-refractivity contribution is 0.236. The highest BCUT2D eigenvalue weighted by Gasteiger charge is 2.03. The number of carbonyl (C=O) groups is 1. The smallest absolute Gasteiger partial charge is 0.315 e. The molecule has 2 N–H and O–H groups in total. The van der Waals surface area contributed by atoms with Crippen LogP contribution in [0.5, 0.6) is 5.75 Å². The fourth-order valence-electron chi connectivity index (χ4n) is 2.54. The van der Waals surface area contributed by atoms with E-state index in [0.717, 1.165) is 30.0 Å². The summed E-state index contributed by atoms with van der Waals surface area (Å²) >= 11 is 0. The van der Waals surface area contributed by atoms with E-state index in [9.17, 15) is 4.79 Å². The summed E-state index contributed by atoms with van der Waals surface area (Å²) in [6.07, 6.45) is 0. The highest BCUT2D eigenvalue weighted by atomic mass is 16.5. The van der Waals surface area contributed by atoms with Gasteiger partial charge < -0.3 is 20.3 Å². The molecule has 0 aliphatic rings. The fourth-order valence-corrected chi connectivity index (χ4v) is 2.54. The number of carbonyl (C=O) groups excluding carboxylic acids is 1. The molecule has 5 nitrogen and oxygen atoms in total. The first-order chi connectivity index (χ1) is 12.6. The molecule has 0 spiro atoms. The topological polar surface area (TPSA) is 53.6 Å². The predicted molar refractivity (Wildman–Crippen MR) is 105 cm³/mol. The lowest BCUT2D eigenvalue weighted by Gasteiger charge is -2.14. The molecule has 0 saturated carbocycles. The first-order valence-electron chi connectivity index (χ1n) is 9.04. The fraction of sp³-hybridized carbons (Fsp3) is 0.381. The molecule has 2 rings (SSSR count). The summed E-state index contributed by atoms with van der Waals surface area (Å²) in [7, 11) is 2.09. The Hall–Kier alpha value is -2.53. The molecule has 140 valence electrons. The second-order valence-electron chi connectivity index (χ2n) is 6.42. The molecule has 0 radical (unpaired) electrons. The molecular formula is C21H29N3O2. The summed E-state index contributed by atoms with van der Waals surface area (Å²) in [6.45, 7) is 7.49. The molecule has 0 bridgehead atoms. The highest BCUT2D eigenvalue weighted by Crippen LogP contribution is 2.11. The number of urea groups is 1. The van der Waals surface area contributed by atoms with Crippen molar-refractivity contribution in [3.05, 3.63) is 65.2 Å². The average molecular weight is 355 g/mol. The van der Waals surface area contributed by atoms with E-state index < -0.39 is 0 Å². The predicted octanol–water partition coefficient (Wildman–Crippen LogP) is 3.32. The Morgan fingerprint density at radius 1 is 1.08 bits per heavy atom. The van der Waals surface area contributed by atoms with Crippen LogP contribution in [-0.4, -0.2) is 37.7 Å². The molecule has 0 fully saturated rings. The maximum Gasteiger partial charge on any atom is 0.315 e. The van der Waals surface area contributed by atoms with Crippen LogP contribution in [0, 0.1) is 6.92 Å². The lowest BCUT2D eigenvalue weighted by Crippen LogP contribution is -2.37. The zero-order valence-corrected chi connectivity index (χ0v) is 15.9. The van der Waals surface area contributed by atoms with Crippen LogP contribution in [0.15, 0.2) is 48.5 Å². The van der Waals surface area contributed by atoms with Crippen LogP contribution in [0.3, 0.4) is 0 Å². The Labute approximate surface area is 156 Å². The summed E-state index contributed by atoms with van der Waals surface area (Å²) in [5.41, 5.74) is 3.50. The molecule has 0 heterocycles. The molecule has 2 aromatic rings. The third-order valence-electron chi connectivity index (χ3n) is 4.08. The van der Waals surface area contributed by atoms with Gasteiger partial charge in [0.1, 0.15) is 12.4 Å². The number of benzene rings is 2. The van der Waals surface area contributed by atoms with Crippen molar-refractivity contribution in [3.63, 3.8) is 0 Å². The molecule has 0 saturated heterocycles. The molecule has 0 aliphatic heterocycles. The summed E-state index contributed by atoms with van der Waals surface area (Å²) in [5.74, 6) is 0.820. The molecule has 0 atom stereocenters. The monoisotopic (exact) mass is 355 g/mol. The maximum absolute atomic E-state index is 11.9. The van der Waals surface area contributed by atoms with Gasteiger partial charge in [-0.3, -0.25) is 0 Å². The third kappa shape index (κ3) is 7.15. The van der Waals surface area contributed by atoms with E-state index in [-0.39, 0.29) is 6.03 Å². The Kier molecular flexibility index (Phi) is 7.96. The number of rotatable bonds is 9. The standard InChI is InChI=1S/C21H29N3O2/c1-4-24(3)16-19-9-6-8-18(14-19)15-23-21(25)22-11-12-26-20-10-5-7-17(2)13-20/h5-10,13-14H,4,11-12,15-16H2,1-3H3,(H2,22,23,25). The van der Waals surface area contributed by atoms with Gasteiger partial charge in [0.2, 0.25) is 0 Å². The molecule has 0 unspecified atom stereocenters. The van der Waals surface area contributed by atoms with Gasteiger partial charge in [-0.25, -0.2) is 4.79 Å². The molecule has 2 amide bonds. The first kappa shape index (κ1) is 19.8. The van der Waals surface area contributed by atoms with Gasteiger partial charge in [0.25, 0.3) is 0 Å². The van der Waals surface area contributed by atoms with Crippen molar-refractivity contribution in [1.29, 1.82) is 0 Å². The van der Waals surface area contributed by atoms with Crippen LogP contribution in [-0.2, 0) is 13.1 Å². The van der Waals surface area contributed by atoms with Gasteiger partial charge in [-0.15, -0.1) is 0 Å². The third-order valence-corrected chi connectivity index (χ3v) is 4.08. The number of aryl methyl sites for hydroxylation is 1. The summed E-state index contributed by atoms with van der Waals surface area (Å²) in [4.78, 5) is 14.1. The van der Waals surface area contributed by atoms with Crippen molar-refractivity contribution >= 4 is 6.03 Å². The summed E-state index contributed by atoms with van der Waals surface area (Å²) in [5, 5.41) is 5.69. The van der Waals surface area contributed by atoms with Gasteiger partial charge in [0.05, 0.1) is 6.54 Å². The quantitative estimate of drug-likeness (QED) is 0.679. The van der Waals surface area contributed by atoms with Crippen LogP contribution in [0.1, 0.15) is 23.6 Å². The minimum absolute atomic E-state index is 0.186. The first-order valence-corrected chi connectivity index (χ1v) is 9.04. The van der Waals surface area contributed by atoms with Crippen molar-refractivity contribution in [2.24, 2.45) is 0 Å². The number of nitrogens with zero attached hydrogens (tertiary/aromatic N) is 1. The highest BCUT2D eigenvalue weighted by molar-refractivity contribution is 5.73. The Morgan fingerprint density at radius 3 is 2.62 bits per heavy atom. The minimum atomic E-state index is -0.186. The number of nitrogens with one attached hydrogen (secondary N) is 2. The average Bonchev–Trinajstić information content (AvgIpc) is 2.64. The molecular weight excluding hydrogens is 326 g/mol. The minimum Gasteiger partial charge on any atom is -0.492 e. The van der Waals surface area contributed by atoms with Crippen molar-refractivity contribution in [1.82, 2.24) is 15.5 Å². The van der Waals surface area contributed by atoms with E-state index in [2.05, 4.69) is 41.6 Å². The molecule has 26 heavy (non-hydrogen) atoms. The van der Waals surface area contributed by atoms with Gasteiger partial charge in [0, 0.05) is 13.1 Å². The Morgan fingerprint density at radius 2 is 1.85 bits per heavy atom. The van der Waals surface area contributed by atoms with Gasteiger partial charge in [-0.05, 0) is 49.3 Å². The van der Waals surface area contributed by atoms with Crippen LogP contribution in [0.25, 0.3) is 0 Å². The molecule has 0 aromatic heterocycles. The van der Waals surface area contributed by atoms with E-state index in [1.165, 1.54) is 5.56 Å². The largest absolute Gasteiger partial charge is 0.492 e. The zero-order valence-electron chi connectivity index (χ0n) is 15.9. The maximum atomic E-state index is 11.9. The summed E-state index contributed by atoms with van der Waals surface area (Å²) < 4.78 is 5.62. The Bertz CT molecular complexity index is 703. The number of hydrogen-bond donors (Lipinski definition) is 2. The SMILES string of the molecule is CCN(C)Cc1cccc(CNC(=O)NCCOc2cccc(C)c2)c1. The van der Waals surface area contributed by atoms with Crippen molar-refractivity contribution < 1.29 is 9.53 Å². The Balaban J connectivity index is 1.67.